The van der Waals surface area contributed by atoms with Crippen LogP contribution in [0.4, 0.5) is 5.69 Å². The van der Waals surface area contributed by atoms with Crippen LogP contribution in [0.15, 0.2) is 48.5 Å². The Morgan fingerprint density at radius 1 is 1.17 bits per heavy atom. The SMILES string of the molecule is Cc1ccc(-n2nc(C(=O)Nc3cccc(COCC4CC4)c3)c3c2CCC3)cc1. The van der Waals surface area contributed by atoms with Crippen molar-refractivity contribution in [2.24, 2.45) is 5.92 Å². The van der Waals surface area contributed by atoms with E-state index in [1.165, 1.54) is 18.4 Å². The number of hydrogen-bond donors (Lipinski definition) is 1. The van der Waals surface area contributed by atoms with E-state index in [9.17, 15) is 4.79 Å². The summed E-state index contributed by atoms with van der Waals surface area (Å²) in [6.45, 7) is 3.48. The molecule has 2 aliphatic carbocycles. The normalized spacial score (nSPS) is 15.2. The summed E-state index contributed by atoms with van der Waals surface area (Å²) >= 11 is 0. The lowest BCUT2D eigenvalue weighted by atomic mass is 10.1. The fourth-order valence-corrected chi connectivity index (χ4v) is 4.08. The third-order valence-electron chi connectivity index (χ3n) is 5.93. The number of anilines is 1. The number of hydrogen-bond acceptors (Lipinski definition) is 3. The predicted octanol–water partition coefficient (Wildman–Crippen LogP) is 4.85. The maximum Gasteiger partial charge on any atom is 0.276 e. The maximum absolute atomic E-state index is 13.1. The van der Waals surface area contributed by atoms with Gasteiger partial charge >= 0.3 is 0 Å². The molecule has 0 aliphatic heterocycles. The Labute approximate surface area is 177 Å². The van der Waals surface area contributed by atoms with E-state index in [0.717, 1.165) is 60.0 Å². The smallest absolute Gasteiger partial charge is 0.276 e. The molecule has 0 radical (unpaired) electrons. The van der Waals surface area contributed by atoms with Gasteiger partial charge < -0.3 is 10.1 Å². The molecule has 1 saturated carbocycles. The molecule has 5 rings (SSSR count). The quantitative estimate of drug-likeness (QED) is 0.616. The van der Waals surface area contributed by atoms with E-state index in [0.29, 0.717) is 12.3 Å². The number of nitrogens with zero attached hydrogens (tertiary/aromatic N) is 2. The van der Waals surface area contributed by atoms with Gasteiger partial charge in [0.1, 0.15) is 0 Å². The maximum atomic E-state index is 13.1. The molecule has 1 N–H and O–H groups in total. The van der Waals surface area contributed by atoms with Crippen LogP contribution in [0.1, 0.15) is 52.1 Å². The molecule has 1 amide bonds. The van der Waals surface area contributed by atoms with Crippen LogP contribution in [-0.2, 0) is 24.2 Å². The van der Waals surface area contributed by atoms with Crippen LogP contribution in [0, 0.1) is 12.8 Å². The minimum atomic E-state index is -0.143. The lowest BCUT2D eigenvalue weighted by molar-refractivity contribution is 0.102. The molecule has 0 bridgehead atoms. The van der Waals surface area contributed by atoms with Gasteiger partial charge in [0.25, 0.3) is 5.91 Å². The predicted molar refractivity (Wildman–Crippen MR) is 117 cm³/mol. The Bertz CT molecular complexity index is 1060. The Morgan fingerprint density at radius 2 is 2.00 bits per heavy atom. The number of ether oxygens (including phenoxy) is 1. The molecule has 0 unspecified atom stereocenters. The number of carbonyl (C=O) groups excluding carboxylic acids is 1. The zero-order valence-electron chi connectivity index (χ0n) is 17.4. The number of aromatic nitrogens is 2. The molecule has 0 saturated heterocycles. The van der Waals surface area contributed by atoms with Gasteiger partial charge in [-0.05, 0) is 74.8 Å². The average Bonchev–Trinajstić information content (AvgIpc) is 3.31. The largest absolute Gasteiger partial charge is 0.376 e. The highest BCUT2D eigenvalue weighted by Gasteiger charge is 2.27. The van der Waals surface area contributed by atoms with Gasteiger partial charge in [-0.15, -0.1) is 0 Å². The van der Waals surface area contributed by atoms with Crippen molar-refractivity contribution in [1.29, 1.82) is 0 Å². The molecule has 2 aliphatic rings. The highest BCUT2D eigenvalue weighted by Crippen LogP contribution is 2.30. The summed E-state index contributed by atoms with van der Waals surface area (Å²) in [5, 5.41) is 7.75. The summed E-state index contributed by atoms with van der Waals surface area (Å²) in [6, 6.07) is 16.2. The number of rotatable bonds is 7. The van der Waals surface area contributed by atoms with Gasteiger partial charge in [-0.25, -0.2) is 4.68 Å². The Morgan fingerprint density at radius 3 is 2.80 bits per heavy atom. The van der Waals surface area contributed by atoms with Crippen molar-refractivity contribution >= 4 is 11.6 Å². The Hall–Kier alpha value is -2.92. The van der Waals surface area contributed by atoms with E-state index in [4.69, 9.17) is 9.84 Å². The monoisotopic (exact) mass is 401 g/mol. The second kappa shape index (κ2) is 8.07. The molecule has 3 aromatic rings. The fraction of sp³-hybridized carbons (Fsp3) is 0.360. The third-order valence-corrected chi connectivity index (χ3v) is 5.93. The van der Waals surface area contributed by atoms with E-state index in [-0.39, 0.29) is 5.91 Å². The molecular formula is C25H27N3O2. The number of amides is 1. The van der Waals surface area contributed by atoms with Gasteiger partial charge in [0.05, 0.1) is 12.3 Å². The molecule has 0 spiro atoms. The first-order valence-electron chi connectivity index (χ1n) is 10.8. The van der Waals surface area contributed by atoms with Crippen LogP contribution in [0.3, 0.4) is 0 Å². The summed E-state index contributed by atoms with van der Waals surface area (Å²) in [4.78, 5) is 13.1. The van der Waals surface area contributed by atoms with E-state index < -0.39 is 0 Å². The van der Waals surface area contributed by atoms with Crippen molar-refractivity contribution in [2.45, 2.75) is 45.6 Å². The Kier molecular flexibility index (Phi) is 5.13. The van der Waals surface area contributed by atoms with E-state index >= 15 is 0 Å². The fourth-order valence-electron chi connectivity index (χ4n) is 4.08. The van der Waals surface area contributed by atoms with Crippen LogP contribution < -0.4 is 5.32 Å². The minimum absolute atomic E-state index is 0.143. The lowest BCUT2D eigenvalue weighted by Gasteiger charge is -2.08. The number of carbonyl (C=O) groups is 1. The summed E-state index contributed by atoms with van der Waals surface area (Å²) in [5.41, 5.74) is 6.85. The first kappa shape index (κ1) is 19.1. The van der Waals surface area contributed by atoms with Gasteiger partial charge in [-0.2, -0.15) is 5.10 Å². The van der Waals surface area contributed by atoms with Crippen LogP contribution in [0.25, 0.3) is 5.69 Å². The molecule has 30 heavy (non-hydrogen) atoms. The number of aryl methyl sites for hydroxylation is 1. The van der Waals surface area contributed by atoms with Crippen molar-refractivity contribution in [1.82, 2.24) is 9.78 Å². The van der Waals surface area contributed by atoms with Crippen molar-refractivity contribution < 1.29 is 9.53 Å². The van der Waals surface area contributed by atoms with Crippen molar-refractivity contribution in [3.63, 3.8) is 0 Å². The molecular weight excluding hydrogens is 374 g/mol. The second-order valence-electron chi connectivity index (χ2n) is 8.49. The van der Waals surface area contributed by atoms with Gasteiger partial charge in [-0.3, -0.25) is 4.79 Å². The van der Waals surface area contributed by atoms with Gasteiger partial charge in [0.2, 0.25) is 0 Å². The third kappa shape index (κ3) is 4.03. The summed E-state index contributed by atoms with van der Waals surface area (Å²) in [6.07, 6.45) is 5.49. The van der Waals surface area contributed by atoms with Crippen molar-refractivity contribution in [2.75, 3.05) is 11.9 Å². The molecule has 0 atom stereocenters. The summed E-state index contributed by atoms with van der Waals surface area (Å²) in [5.74, 6) is 0.605. The van der Waals surface area contributed by atoms with Gasteiger partial charge in [0, 0.05) is 23.6 Å². The average molecular weight is 402 g/mol. The molecule has 5 nitrogen and oxygen atoms in total. The van der Waals surface area contributed by atoms with Gasteiger partial charge in [-0.1, -0.05) is 29.8 Å². The summed E-state index contributed by atoms with van der Waals surface area (Å²) in [7, 11) is 0. The highest BCUT2D eigenvalue weighted by atomic mass is 16.5. The van der Waals surface area contributed by atoms with Crippen LogP contribution in [-0.4, -0.2) is 22.3 Å². The topological polar surface area (TPSA) is 56.2 Å². The van der Waals surface area contributed by atoms with Crippen LogP contribution in [0.2, 0.25) is 0 Å². The standard InChI is InChI=1S/C25H27N3O2/c1-17-8-12-21(13-9-17)28-23-7-3-6-22(23)24(27-28)25(29)26-20-5-2-4-19(14-20)16-30-15-18-10-11-18/h2,4-5,8-9,12-14,18H,3,6-7,10-11,15-16H2,1H3,(H,26,29). The Balaban J connectivity index is 1.34. The van der Waals surface area contributed by atoms with Crippen LogP contribution in [0.5, 0.6) is 0 Å². The van der Waals surface area contributed by atoms with Crippen molar-refractivity contribution in [3.05, 3.63) is 76.6 Å². The lowest BCUT2D eigenvalue weighted by Crippen LogP contribution is -2.15. The molecule has 1 fully saturated rings. The van der Waals surface area contributed by atoms with Crippen LogP contribution >= 0.6 is 0 Å². The second-order valence-corrected chi connectivity index (χ2v) is 8.49. The number of fused-ring (bicyclic) bond motifs is 1. The van der Waals surface area contributed by atoms with E-state index in [2.05, 4.69) is 36.5 Å². The zero-order chi connectivity index (χ0) is 20.5. The molecule has 5 heteroatoms. The van der Waals surface area contributed by atoms with Crippen molar-refractivity contribution in [3.8, 4) is 5.69 Å². The first-order chi connectivity index (χ1) is 14.7. The molecule has 1 aromatic heterocycles. The highest BCUT2D eigenvalue weighted by molar-refractivity contribution is 6.04. The number of nitrogens with one attached hydrogen (secondary N) is 1. The molecule has 2 aromatic carbocycles. The summed E-state index contributed by atoms with van der Waals surface area (Å²) < 4.78 is 7.72. The first-order valence-corrected chi connectivity index (χ1v) is 10.8. The minimum Gasteiger partial charge on any atom is -0.376 e. The zero-order valence-corrected chi connectivity index (χ0v) is 17.4. The van der Waals surface area contributed by atoms with E-state index in [1.54, 1.807) is 0 Å². The molecule has 1 heterocycles. The van der Waals surface area contributed by atoms with E-state index in [1.807, 2.05) is 28.9 Å². The molecule has 154 valence electrons. The number of benzene rings is 2. The van der Waals surface area contributed by atoms with Gasteiger partial charge in [0.15, 0.2) is 5.69 Å².